The third-order valence-electron chi connectivity index (χ3n) is 2.81. The molecule has 0 atom stereocenters. The molecule has 1 aromatic heterocycles. The summed E-state index contributed by atoms with van der Waals surface area (Å²) in [4.78, 5) is 15.6. The van der Waals surface area contributed by atoms with Crippen molar-refractivity contribution in [1.29, 1.82) is 0 Å². The SMILES string of the molecule is O=C(CCNS(=O)(=O)c1ccc(Cl)cc1)Nc1ncccc1O. The highest BCUT2D eigenvalue weighted by Crippen LogP contribution is 2.18. The summed E-state index contributed by atoms with van der Waals surface area (Å²) in [5.74, 6) is -0.613. The van der Waals surface area contributed by atoms with Crippen LogP contribution < -0.4 is 10.0 Å². The van der Waals surface area contributed by atoms with Gasteiger partial charge in [-0.3, -0.25) is 4.79 Å². The molecule has 0 saturated heterocycles. The first-order chi connectivity index (χ1) is 10.9. The number of aromatic hydroxyl groups is 1. The molecule has 2 rings (SSSR count). The predicted octanol–water partition coefficient (Wildman–Crippen LogP) is 1.75. The van der Waals surface area contributed by atoms with Gasteiger partial charge in [-0.15, -0.1) is 0 Å². The lowest BCUT2D eigenvalue weighted by atomic mass is 10.4. The number of nitrogens with zero attached hydrogens (tertiary/aromatic N) is 1. The summed E-state index contributed by atoms with van der Waals surface area (Å²) in [6.45, 7) is -0.0929. The number of carbonyl (C=O) groups is 1. The van der Waals surface area contributed by atoms with Crippen molar-refractivity contribution in [3.8, 4) is 5.75 Å². The van der Waals surface area contributed by atoms with Gasteiger partial charge in [-0.05, 0) is 36.4 Å². The Morgan fingerprint density at radius 2 is 1.91 bits per heavy atom. The lowest BCUT2D eigenvalue weighted by Crippen LogP contribution is -2.28. The highest BCUT2D eigenvalue weighted by atomic mass is 35.5. The topological polar surface area (TPSA) is 108 Å². The fraction of sp³-hybridized carbons (Fsp3) is 0.143. The number of hydrogen-bond donors (Lipinski definition) is 3. The van der Waals surface area contributed by atoms with E-state index in [-0.39, 0.29) is 29.4 Å². The molecule has 0 saturated carbocycles. The molecule has 0 fully saturated rings. The predicted molar refractivity (Wildman–Crippen MR) is 85.8 cm³/mol. The zero-order chi connectivity index (χ0) is 16.9. The maximum Gasteiger partial charge on any atom is 0.240 e. The molecular weight excluding hydrogens is 342 g/mol. The summed E-state index contributed by atoms with van der Waals surface area (Å²) in [6, 6.07) is 8.57. The monoisotopic (exact) mass is 355 g/mol. The Morgan fingerprint density at radius 1 is 1.22 bits per heavy atom. The van der Waals surface area contributed by atoms with Gasteiger partial charge in [0, 0.05) is 24.2 Å². The van der Waals surface area contributed by atoms with Crippen LogP contribution in [0, 0.1) is 0 Å². The summed E-state index contributed by atoms with van der Waals surface area (Å²) < 4.78 is 26.3. The van der Waals surface area contributed by atoms with E-state index in [1.807, 2.05) is 0 Å². The van der Waals surface area contributed by atoms with E-state index in [9.17, 15) is 18.3 Å². The van der Waals surface area contributed by atoms with Crippen LogP contribution in [0.25, 0.3) is 0 Å². The molecule has 23 heavy (non-hydrogen) atoms. The summed E-state index contributed by atoms with van der Waals surface area (Å²) in [5.41, 5.74) is 0. The number of aromatic nitrogens is 1. The average Bonchev–Trinajstić information content (AvgIpc) is 2.50. The first kappa shape index (κ1) is 17.2. The molecule has 3 N–H and O–H groups in total. The van der Waals surface area contributed by atoms with Crippen molar-refractivity contribution >= 4 is 33.3 Å². The van der Waals surface area contributed by atoms with Crippen molar-refractivity contribution in [2.45, 2.75) is 11.3 Å². The Bertz CT molecular complexity index is 794. The van der Waals surface area contributed by atoms with Gasteiger partial charge < -0.3 is 10.4 Å². The van der Waals surface area contributed by atoms with Crippen molar-refractivity contribution in [3.05, 3.63) is 47.6 Å². The summed E-state index contributed by atoms with van der Waals surface area (Å²) in [5, 5.41) is 12.3. The van der Waals surface area contributed by atoms with Crippen LogP contribution in [0.2, 0.25) is 5.02 Å². The van der Waals surface area contributed by atoms with E-state index in [2.05, 4.69) is 15.0 Å². The van der Waals surface area contributed by atoms with Crippen molar-refractivity contribution in [3.63, 3.8) is 0 Å². The quantitative estimate of drug-likeness (QED) is 0.731. The summed E-state index contributed by atoms with van der Waals surface area (Å²) >= 11 is 5.70. The highest BCUT2D eigenvalue weighted by Gasteiger charge is 2.14. The molecular formula is C14H14ClN3O4S. The van der Waals surface area contributed by atoms with Gasteiger partial charge in [0.15, 0.2) is 11.6 Å². The van der Waals surface area contributed by atoms with Crippen molar-refractivity contribution in [2.24, 2.45) is 0 Å². The average molecular weight is 356 g/mol. The van der Waals surface area contributed by atoms with Gasteiger partial charge >= 0.3 is 0 Å². The van der Waals surface area contributed by atoms with Gasteiger partial charge in [-0.2, -0.15) is 0 Å². The Morgan fingerprint density at radius 3 is 2.57 bits per heavy atom. The summed E-state index contributed by atoms with van der Waals surface area (Å²) in [6.07, 6.45) is 1.31. The first-order valence-electron chi connectivity index (χ1n) is 6.57. The molecule has 0 unspecified atom stereocenters. The molecule has 0 aliphatic heterocycles. The molecule has 9 heteroatoms. The number of nitrogens with one attached hydrogen (secondary N) is 2. The second-order valence-corrected chi connectivity index (χ2v) is 6.72. The Hall–Kier alpha value is -2.16. The number of hydrogen-bond acceptors (Lipinski definition) is 5. The largest absolute Gasteiger partial charge is 0.504 e. The molecule has 2 aromatic rings. The zero-order valence-electron chi connectivity index (χ0n) is 11.9. The zero-order valence-corrected chi connectivity index (χ0v) is 13.4. The Labute approximate surface area is 138 Å². The number of benzene rings is 1. The number of rotatable bonds is 6. The van der Waals surface area contributed by atoms with Gasteiger partial charge in [-0.25, -0.2) is 18.1 Å². The third kappa shape index (κ3) is 4.92. The number of halogens is 1. The van der Waals surface area contributed by atoms with Crippen molar-refractivity contribution in [2.75, 3.05) is 11.9 Å². The van der Waals surface area contributed by atoms with Crippen LogP contribution in [0.4, 0.5) is 5.82 Å². The van der Waals surface area contributed by atoms with Gasteiger partial charge in [0.25, 0.3) is 0 Å². The van der Waals surface area contributed by atoms with E-state index in [1.54, 1.807) is 0 Å². The van der Waals surface area contributed by atoms with E-state index in [0.29, 0.717) is 5.02 Å². The summed E-state index contributed by atoms with van der Waals surface area (Å²) in [7, 11) is -3.71. The third-order valence-corrected chi connectivity index (χ3v) is 4.54. The van der Waals surface area contributed by atoms with Gasteiger partial charge in [-0.1, -0.05) is 11.6 Å². The Kier molecular flexibility index (Phi) is 5.54. The minimum absolute atomic E-state index is 0.0260. The fourth-order valence-electron chi connectivity index (χ4n) is 1.68. The minimum Gasteiger partial charge on any atom is -0.504 e. The van der Waals surface area contributed by atoms with Crippen LogP contribution in [-0.4, -0.2) is 31.0 Å². The van der Waals surface area contributed by atoms with Gasteiger partial charge in [0.2, 0.25) is 15.9 Å². The molecule has 0 bridgehead atoms. The maximum atomic E-state index is 12.0. The normalized spacial score (nSPS) is 11.2. The van der Waals surface area contributed by atoms with Crippen LogP contribution in [-0.2, 0) is 14.8 Å². The highest BCUT2D eigenvalue weighted by molar-refractivity contribution is 7.89. The molecule has 1 aromatic carbocycles. The van der Waals surface area contributed by atoms with Gasteiger partial charge in [0.1, 0.15) is 0 Å². The van der Waals surface area contributed by atoms with Crippen molar-refractivity contribution < 1.29 is 18.3 Å². The van der Waals surface area contributed by atoms with Gasteiger partial charge in [0.05, 0.1) is 4.90 Å². The second kappa shape index (κ2) is 7.40. The minimum atomic E-state index is -3.71. The van der Waals surface area contributed by atoms with Crippen LogP contribution in [0.3, 0.4) is 0 Å². The standard InChI is InChI=1S/C14H14ClN3O4S/c15-10-3-5-11(6-4-10)23(21,22)17-9-7-13(20)18-14-12(19)2-1-8-16-14/h1-6,8,17,19H,7,9H2,(H,16,18,20). The Balaban J connectivity index is 1.88. The van der Waals surface area contributed by atoms with Crippen LogP contribution in [0.5, 0.6) is 5.75 Å². The molecule has 0 spiro atoms. The number of carbonyl (C=O) groups excluding carboxylic acids is 1. The fourth-order valence-corrected chi connectivity index (χ4v) is 2.84. The van der Waals surface area contributed by atoms with Crippen molar-refractivity contribution in [1.82, 2.24) is 9.71 Å². The first-order valence-corrected chi connectivity index (χ1v) is 8.44. The van der Waals surface area contributed by atoms with E-state index in [1.165, 1.54) is 42.6 Å². The van der Waals surface area contributed by atoms with E-state index < -0.39 is 15.9 Å². The molecule has 7 nitrogen and oxygen atoms in total. The van der Waals surface area contributed by atoms with Crippen LogP contribution >= 0.6 is 11.6 Å². The molecule has 1 heterocycles. The molecule has 1 amide bonds. The lowest BCUT2D eigenvalue weighted by molar-refractivity contribution is -0.116. The maximum absolute atomic E-state index is 12.0. The van der Waals surface area contributed by atoms with Crippen LogP contribution in [0.1, 0.15) is 6.42 Å². The number of anilines is 1. The molecule has 0 aliphatic rings. The number of pyridine rings is 1. The second-order valence-electron chi connectivity index (χ2n) is 4.52. The van der Waals surface area contributed by atoms with E-state index in [4.69, 9.17) is 11.6 Å². The van der Waals surface area contributed by atoms with Crippen LogP contribution in [0.15, 0.2) is 47.5 Å². The lowest BCUT2D eigenvalue weighted by Gasteiger charge is -2.08. The number of sulfonamides is 1. The molecule has 0 radical (unpaired) electrons. The molecule has 0 aliphatic carbocycles. The number of amides is 1. The van der Waals surface area contributed by atoms with E-state index >= 15 is 0 Å². The van der Waals surface area contributed by atoms with E-state index in [0.717, 1.165) is 0 Å². The smallest absolute Gasteiger partial charge is 0.240 e. The molecule has 122 valence electrons.